The molecule has 0 spiro atoms. The van der Waals surface area contributed by atoms with E-state index in [9.17, 15) is 5.26 Å². The number of hydrogen-bond donors (Lipinski definition) is 0. The van der Waals surface area contributed by atoms with Crippen molar-refractivity contribution in [2.24, 2.45) is 0 Å². The molecule has 0 unspecified atom stereocenters. The Hall–Kier alpha value is -2.93. The largest absolute Gasteiger partial charge is 0.480 e. The molecule has 0 radical (unpaired) electrons. The zero-order valence-corrected chi connectivity index (χ0v) is 11.8. The minimum absolute atomic E-state index is 0.438. The summed E-state index contributed by atoms with van der Waals surface area (Å²) in [6, 6.07) is 13.9. The first-order valence-corrected chi connectivity index (χ1v) is 6.53. The molecule has 0 saturated heterocycles. The molecule has 0 aliphatic carbocycles. The van der Waals surface area contributed by atoms with Crippen LogP contribution in [0.25, 0.3) is 22.2 Å². The zero-order valence-electron chi connectivity index (χ0n) is 11.8. The van der Waals surface area contributed by atoms with Crippen molar-refractivity contribution in [3.05, 3.63) is 53.7 Å². The topological polar surface area (TPSA) is 58.8 Å². The van der Waals surface area contributed by atoms with Crippen LogP contribution in [0.15, 0.2) is 42.6 Å². The highest BCUT2D eigenvalue weighted by Crippen LogP contribution is 2.29. The Bertz CT molecular complexity index is 866. The second kappa shape index (κ2) is 5.22. The van der Waals surface area contributed by atoms with Crippen LogP contribution in [-0.4, -0.2) is 17.1 Å². The first-order valence-electron chi connectivity index (χ1n) is 6.53. The van der Waals surface area contributed by atoms with E-state index >= 15 is 0 Å². The van der Waals surface area contributed by atoms with Gasteiger partial charge in [-0.15, -0.1) is 0 Å². The second-order valence-electron chi connectivity index (χ2n) is 4.79. The van der Waals surface area contributed by atoms with Gasteiger partial charge in [0.15, 0.2) is 0 Å². The van der Waals surface area contributed by atoms with Gasteiger partial charge in [0.05, 0.1) is 36.0 Å². The predicted octanol–water partition coefficient (Wildman–Crippen LogP) is 3.49. The fourth-order valence-electron chi connectivity index (χ4n) is 2.30. The summed E-state index contributed by atoms with van der Waals surface area (Å²) in [4.78, 5) is 8.81. The molecule has 21 heavy (non-hydrogen) atoms. The van der Waals surface area contributed by atoms with Gasteiger partial charge in [-0.25, -0.2) is 9.97 Å². The molecular weight excluding hydrogens is 262 g/mol. The predicted molar refractivity (Wildman–Crippen MR) is 81.0 cm³/mol. The Labute approximate surface area is 122 Å². The third-order valence-corrected chi connectivity index (χ3v) is 3.29. The molecule has 0 N–H and O–H groups in total. The van der Waals surface area contributed by atoms with E-state index in [-0.39, 0.29) is 0 Å². The van der Waals surface area contributed by atoms with Gasteiger partial charge in [-0.1, -0.05) is 29.8 Å². The maximum absolute atomic E-state index is 9.22. The normalized spacial score (nSPS) is 10.3. The second-order valence-corrected chi connectivity index (χ2v) is 4.79. The number of aryl methyl sites for hydroxylation is 1. The molecule has 2 aromatic carbocycles. The van der Waals surface area contributed by atoms with Crippen LogP contribution in [0.5, 0.6) is 5.88 Å². The molecule has 0 saturated carbocycles. The lowest BCUT2D eigenvalue weighted by Gasteiger charge is -2.08. The summed E-state index contributed by atoms with van der Waals surface area (Å²) >= 11 is 0. The average Bonchev–Trinajstić information content (AvgIpc) is 2.53. The third kappa shape index (κ3) is 2.41. The molecule has 0 aliphatic rings. The van der Waals surface area contributed by atoms with Crippen molar-refractivity contribution < 1.29 is 4.74 Å². The van der Waals surface area contributed by atoms with E-state index in [1.54, 1.807) is 19.4 Å². The molecule has 1 aromatic heterocycles. The van der Waals surface area contributed by atoms with E-state index < -0.39 is 0 Å². The summed E-state index contributed by atoms with van der Waals surface area (Å²) in [5.41, 5.74) is 5.07. The van der Waals surface area contributed by atoms with Crippen LogP contribution in [0.2, 0.25) is 0 Å². The monoisotopic (exact) mass is 275 g/mol. The van der Waals surface area contributed by atoms with Gasteiger partial charge in [-0.05, 0) is 24.6 Å². The molecule has 0 fully saturated rings. The van der Waals surface area contributed by atoms with Crippen LogP contribution in [0, 0.1) is 18.3 Å². The zero-order chi connectivity index (χ0) is 14.8. The van der Waals surface area contributed by atoms with Gasteiger partial charge < -0.3 is 4.74 Å². The van der Waals surface area contributed by atoms with Crippen LogP contribution in [0.1, 0.15) is 11.1 Å². The SMILES string of the molecule is COc1cnc2c(-c3cccc(C)c3)cc(C#N)cc2n1. The van der Waals surface area contributed by atoms with Crippen molar-refractivity contribution in [2.75, 3.05) is 7.11 Å². The van der Waals surface area contributed by atoms with E-state index in [0.717, 1.165) is 22.2 Å². The first kappa shape index (κ1) is 13.1. The summed E-state index contributed by atoms with van der Waals surface area (Å²) < 4.78 is 5.10. The fourth-order valence-corrected chi connectivity index (χ4v) is 2.30. The highest BCUT2D eigenvalue weighted by Gasteiger charge is 2.10. The van der Waals surface area contributed by atoms with Crippen molar-refractivity contribution in [1.29, 1.82) is 5.26 Å². The highest BCUT2D eigenvalue weighted by molar-refractivity contribution is 5.93. The van der Waals surface area contributed by atoms with Crippen molar-refractivity contribution >= 4 is 11.0 Å². The number of ether oxygens (including phenoxy) is 1. The molecule has 4 heteroatoms. The number of methoxy groups -OCH3 is 1. The molecule has 1 heterocycles. The number of nitrogens with zero attached hydrogens (tertiary/aromatic N) is 3. The quantitative estimate of drug-likeness (QED) is 0.718. The molecule has 0 aliphatic heterocycles. The van der Waals surface area contributed by atoms with Gasteiger partial charge in [0, 0.05) is 5.56 Å². The molecule has 0 amide bonds. The molecule has 0 bridgehead atoms. The number of benzene rings is 2. The molecule has 3 aromatic rings. The number of rotatable bonds is 2. The van der Waals surface area contributed by atoms with Crippen LogP contribution in [0.4, 0.5) is 0 Å². The minimum Gasteiger partial charge on any atom is -0.480 e. The van der Waals surface area contributed by atoms with E-state index in [2.05, 4.69) is 22.1 Å². The van der Waals surface area contributed by atoms with Crippen LogP contribution in [0.3, 0.4) is 0 Å². The van der Waals surface area contributed by atoms with Crippen LogP contribution >= 0.6 is 0 Å². The number of aromatic nitrogens is 2. The minimum atomic E-state index is 0.438. The Morgan fingerprint density at radius 2 is 2.05 bits per heavy atom. The lowest BCUT2D eigenvalue weighted by atomic mass is 10.00. The lowest BCUT2D eigenvalue weighted by molar-refractivity contribution is 0.397. The smallest absolute Gasteiger partial charge is 0.232 e. The fraction of sp³-hybridized carbons (Fsp3) is 0.118. The van der Waals surface area contributed by atoms with Crippen LogP contribution < -0.4 is 4.74 Å². The van der Waals surface area contributed by atoms with E-state index in [4.69, 9.17) is 4.74 Å². The van der Waals surface area contributed by atoms with Crippen molar-refractivity contribution in [2.45, 2.75) is 6.92 Å². The molecule has 3 rings (SSSR count). The van der Waals surface area contributed by atoms with Gasteiger partial charge in [0.25, 0.3) is 0 Å². The summed E-state index contributed by atoms with van der Waals surface area (Å²) in [6.45, 7) is 2.04. The first-order chi connectivity index (χ1) is 10.2. The van der Waals surface area contributed by atoms with Crippen molar-refractivity contribution in [1.82, 2.24) is 9.97 Å². The van der Waals surface area contributed by atoms with Gasteiger partial charge in [0.1, 0.15) is 0 Å². The number of fused-ring (bicyclic) bond motifs is 1. The Kier molecular flexibility index (Phi) is 3.25. The van der Waals surface area contributed by atoms with Crippen molar-refractivity contribution in [3.8, 4) is 23.1 Å². The van der Waals surface area contributed by atoms with E-state index in [1.165, 1.54) is 0 Å². The van der Waals surface area contributed by atoms with Gasteiger partial charge >= 0.3 is 0 Å². The summed E-state index contributed by atoms with van der Waals surface area (Å²) in [5, 5.41) is 9.22. The molecule has 102 valence electrons. The molecular formula is C17H13N3O. The molecule has 4 nitrogen and oxygen atoms in total. The highest BCUT2D eigenvalue weighted by atomic mass is 16.5. The summed E-state index contributed by atoms with van der Waals surface area (Å²) in [5.74, 6) is 0.438. The van der Waals surface area contributed by atoms with E-state index in [1.807, 2.05) is 31.2 Å². The Morgan fingerprint density at radius 3 is 2.76 bits per heavy atom. The lowest BCUT2D eigenvalue weighted by Crippen LogP contribution is -1.94. The summed E-state index contributed by atoms with van der Waals surface area (Å²) in [7, 11) is 1.55. The average molecular weight is 275 g/mol. The van der Waals surface area contributed by atoms with Gasteiger partial charge in [-0.3, -0.25) is 0 Å². The standard InChI is InChI=1S/C17H13N3O/c1-11-4-3-5-13(6-11)14-7-12(9-18)8-15-17(14)19-10-16(20-15)21-2/h3-8,10H,1-2H3. The number of nitriles is 1. The van der Waals surface area contributed by atoms with Gasteiger partial charge in [-0.2, -0.15) is 5.26 Å². The molecule has 0 atom stereocenters. The van der Waals surface area contributed by atoms with E-state index in [0.29, 0.717) is 17.0 Å². The maximum atomic E-state index is 9.22. The summed E-state index contributed by atoms with van der Waals surface area (Å²) in [6.07, 6.45) is 1.59. The third-order valence-electron chi connectivity index (χ3n) is 3.29. The van der Waals surface area contributed by atoms with Crippen molar-refractivity contribution in [3.63, 3.8) is 0 Å². The maximum Gasteiger partial charge on any atom is 0.232 e. The number of hydrogen-bond acceptors (Lipinski definition) is 4. The Balaban J connectivity index is 2.33. The Morgan fingerprint density at radius 1 is 1.19 bits per heavy atom. The van der Waals surface area contributed by atoms with Gasteiger partial charge in [0.2, 0.25) is 5.88 Å². The van der Waals surface area contributed by atoms with Crippen LogP contribution in [-0.2, 0) is 0 Å².